The van der Waals surface area contributed by atoms with E-state index in [1.54, 1.807) is 0 Å². The van der Waals surface area contributed by atoms with E-state index >= 15 is 0 Å². The van der Waals surface area contributed by atoms with E-state index in [1.165, 1.54) is 0 Å². The smallest absolute Gasteiger partial charge is 0.0471 e. The van der Waals surface area contributed by atoms with Gasteiger partial charge in [0.15, 0.2) is 0 Å². The van der Waals surface area contributed by atoms with Crippen LogP contribution in [0.5, 0.6) is 0 Å². The minimum atomic E-state index is 0.106. The predicted octanol–water partition coefficient (Wildman–Crippen LogP) is 1.66. The molecule has 0 spiro atoms. The first-order valence-corrected chi connectivity index (χ1v) is 6.00. The van der Waals surface area contributed by atoms with Crippen molar-refractivity contribution in [2.24, 2.45) is 5.92 Å². The molecule has 0 saturated heterocycles. The molecule has 1 aliphatic carbocycles. The second kappa shape index (κ2) is 3.50. The van der Waals surface area contributed by atoms with E-state index in [4.69, 9.17) is 5.11 Å². The number of allylic oxidation sites excluding steroid dienone is 2. The van der Waals surface area contributed by atoms with Crippen LogP contribution in [0.2, 0.25) is 0 Å². The standard InChI is InChI=1S/C8H15OP/c1-10(2)8-5-3-4-7(8)6-9/h3,5,7-9H,4,6H2,1-2H3/t7?,8-/m0/s1. The highest BCUT2D eigenvalue weighted by Gasteiger charge is 2.23. The number of hydrogen-bond acceptors (Lipinski definition) is 1. The van der Waals surface area contributed by atoms with Crippen LogP contribution in [0.1, 0.15) is 6.42 Å². The molecule has 0 heterocycles. The molecular formula is C8H15OP. The number of hydrogen-bond donors (Lipinski definition) is 1. The Kier molecular flexibility index (Phi) is 2.88. The Hall–Kier alpha value is 0.130. The van der Waals surface area contributed by atoms with Gasteiger partial charge in [0, 0.05) is 12.3 Å². The third-order valence-electron chi connectivity index (χ3n) is 2.09. The number of aliphatic hydroxyl groups is 1. The van der Waals surface area contributed by atoms with Crippen LogP contribution in [0.25, 0.3) is 0 Å². The largest absolute Gasteiger partial charge is 0.396 e. The molecule has 1 unspecified atom stereocenters. The van der Waals surface area contributed by atoms with Gasteiger partial charge < -0.3 is 5.11 Å². The van der Waals surface area contributed by atoms with E-state index in [0.29, 0.717) is 18.2 Å². The van der Waals surface area contributed by atoms with Gasteiger partial charge in [-0.15, -0.1) is 7.92 Å². The van der Waals surface area contributed by atoms with Crippen LogP contribution in [0, 0.1) is 5.92 Å². The van der Waals surface area contributed by atoms with Crippen molar-refractivity contribution in [1.82, 2.24) is 0 Å². The topological polar surface area (TPSA) is 20.2 Å². The first kappa shape index (κ1) is 8.23. The zero-order valence-corrected chi connectivity index (χ0v) is 7.51. The van der Waals surface area contributed by atoms with Gasteiger partial charge in [-0.05, 0) is 25.7 Å². The van der Waals surface area contributed by atoms with Gasteiger partial charge in [0.1, 0.15) is 0 Å². The molecule has 10 heavy (non-hydrogen) atoms. The fourth-order valence-corrected chi connectivity index (χ4v) is 2.99. The third-order valence-corrected chi connectivity index (χ3v) is 3.87. The van der Waals surface area contributed by atoms with Gasteiger partial charge in [-0.25, -0.2) is 0 Å². The summed E-state index contributed by atoms with van der Waals surface area (Å²) >= 11 is 0. The Morgan fingerprint density at radius 1 is 1.60 bits per heavy atom. The second-order valence-electron chi connectivity index (χ2n) is 3.06. The number of aliphatic hydroxyl groups excluding tert-OH is 1. The molecule has 0 saturated carbocycles. The zero-order valence-electron chi connectivity index (χ0n) is 6.62. The average molecular weight is 158 g/mol. The Labute approximate surface area is 63.9 Å². The lowest BCUT2D eigenvalue weighted by Crippen LogP contribution is -2.15. The Morgan fingerprint density at radius 3 is 2.70 bits per heavy atom. The van der Waals surface area contributed by atoms with Crippen LogP contribution < -0.4 is 0 Å². The minimum absolute atomic E-state index is 0.106. The maximum Gasteiger partial charge on any atom is 0.0471 e. The molecule has 0 fully saturated rings. The summed E-state index contributed by atoms with van der Waals surface area (Å²) in [6.07, 6.45) is 5.56. The van der Waals surface area contributed by atoms with Crippen LogP contribution in [0.15, 0.2) is 12.2 Å². The van der Waals surface area contributed by atoms with Crippen molar-refractivity contribution in [2.75, 3.05) is 19.9 Å². The molecule has 1 nitrogen and oxygen atoms in total. The van der Waals surface area contributed by atoms with Gasteiger partial charge in [-0.1, -0.05) is 12.2 Å². The molecule has 1 rings (SSSR count). The predicted molar refractivity (Wildman–Crippen MR) is 46.9 cm³/mol. The van der Waals surface area contributed by atoms with Crippen molar-refractivity contribution < 1.29 is 5.11 Å². The molecule has 1 N–H and O–H groups in total. The Balaban J connectivity index is 2.49. The van der Waals surface area contributed by atoms with Gasteiger partial charge in [0.25, 0.3) is 0 Å². The summed E-state index contributed by atoms with van der Waals surface area (Å²) in [6.45, 7) is 4.91. The van der Waals surface area contributed by atoms with Gasteiger partial charge in [-0.3, -0.25) is 0 Å². The quantitative estimate of drug-likeness (QED) is 0.478. The van der Waals surface area contributed by atoms with Crippen molar-refractivity contribution in [3.8, 4) is 0 Å². The van der Waals surface area contributed by atoms with Crippen molar-refractivity contribution in [2.45, 2.75) is 12.1 Å². The fraction of sp³-hybridized carbons (Fsp3) is 0.750. The molecule has 0 aromatic carbocycles. The van der Waals surface area contributed by atoms with E-state index in [-0.39, 0.29) is 7.92 Å². The highest BCUT2D eigenvalue weighted by atomic mass is 31.1. The lowest BCUT2D eigenvalue weighted by Gasteiger charge is -2.20. The van der Waals surface area contributed by atoms with E-state index in [0.717, 1.165) is 6.42 Å². The molecule has 1 aliphatic rings. The molecule has 0 radical (unpaired) electrons. The Bertz CT molecular complexity index is 131. The molecule has 0 bridgehead atoms. The summed E-state index contributed by atoms with van der Waals surface area (Å²) in [5.74, 6) is 0.529. The van der Waals surface area contributed by atoms with Crippen molar-refractivity contribution in [3.63, 3.8) is 0 Å². The summed E-state index contributed by atoms with van der Waals surface area (Å²) in [4.78, 5) is 0. The van der Waals surface area contributed by atoms with E-state index in [9.17, 15) is 0 Å². The molecular weight excluding hydrogens is 143 g/mol. The lowest BCUT2D eigenvalue weighted by atomic mass is 10.1. The molecule has 2 atom stereocenters. The third kappa shape index (κ3) is 1.59. The van der Waals surface area contributed by atoms with Crippen molar-refractivity contribution in [1.29, 1.82) is 0 Å². The van der Waals surface area contributed by atoms with Gasteiger partial charge in [0.05, 0.1) is 0 Å². The van der Waals surface area contributed by atoms with Crippen LogP contribution >= 0.6 is 7.92 Å². The Morgan fingerprint density at radius 2 is 2.30 bits per heavy atom. The van der Waals surface area contributed by atoms with Crippen LogP contribution in [-0.2, 0) is 0 Å². The summed E-state index contributed by atoms with van der Waals surface area (Å²) < 4.78 is 0. The maximum absolute atomic E-state index is 8.96. The average Bonchev–Trinajstić information content (AvgIpc) is 2.33. The zero-order chi connectivity index (χ0) is 7.56. The first-order valence-electron chi connectivity index (χ1n) is 3.69. The minimum Gasteiger partial charge on any atom is -0.396 e. The highest BCUT2D eigenvalue weighted by molar-refractivity contribution is 7.57. The molecule has 58 valence electrons. The molecule has 0 amide bonds. The van der Waals surface area contributed by atoms with Gasteiger partial charge in [0.2, 0.25) is 0 Å². The number of rotatable bonds is 2. The maximum atomic E-state index is 8.96. The molecule has 2 heteroatoms. The van der Waals surface area contributed by atoms with Gasteiger partial charge >= 0.3 is 0 Å². The second-order valence-corrected chi connectivity index (χ2v) is 5.58. The van der Waals surface area contributed by atoms with Gasteiger partial charge in [-0.2, -0.15) is 0 Å². The highest BCUT2D eigenvalue weighted by Crippen LogP contribution is 2.42. The van der Waals surface area contributed by atoms with Crippen molar-refractivity contribution in [3.05, 3.63) is 12.2 Å². The van der Waals surface area contributed by atoms with E-state index in [1.807, 2.05) is 0 Å². The van der Waals surface area contributed by atoms with Crippen LogP contribution in [0.3, 0.4) is 0 Å². The van der Waals surface area contributed by atoms with Crippen molar-refractivity contribution >= 4 is 7.92 Å². The summed E-state index contributed by atoms with van der Waals surface area (Å²) in [6, 6.07) is 0. The first-order chi connectivity index (χ1) is 4.75. The fourth-order valence-electron chi connectivity index (χ4n) is 1.47. The SMILES string of the molecule is CP(C)[C@H]1C=CCC1CO. The molecule has 0 aromatic heterocycles. The van der Waals surface area contributed by atoms with E-state index < -0.39 is 0 Å². The molecule has 0 aromatic rings. The summed E-state index contributed by atoms with van der Waals surface area (Å²) in [7, 11) is 0.106. The summed E-state index contributed by atoms with van der Waals surface area (Å²) in [5, 5.41) is 8.96. The van der Waals surface area contributed by atoms with E-state index in [2.05, 4.69) is 25.5 Å². The van der Waals surface area contributed by atoms with Crippen LogP contribution in [-0.4, -0.2) is 30.7 Å². The normalized spacial score (nSPS) is 32.0. The molecule has 0 aliphatic heterocycles. The summed E-state index contributed by atoms with van der Waals surface area (Å²) in [5.41, 5.74) is 0.681. The monoisotopic (exact) mass is 158 g/mol. The lowest BCUT2D eigenvalue weighted by molar-refractivity contribution is 0.236. The van der Waals surface area contributed by atoms with Crippen LogP contribution in [0.4, 0.5) is 0 Å².